The molecule has 1 N–H and O–H groups in total. The molecule has 0 saturated heterocycles. The molecule has 0 radical (unpaired) electrons. The maximum Gasteiger partial charge on any atom is 0.335 e. The minimum absolute atomic E-state index is 0.298. The van der Waals surface area contributed by atoms with Gasteiger partial charge >= 0.3 is 5.97 Å². The normalized spacial score (nSPS) is 14.5. The highest BCUT2D eigenvalue weighted by Crippen LogP contribution is 2.35. The maximum atomic E-state index is 10.7. The summed E-state index contributed by atoms with van der Waals surface area (Å²) in [5, 5.41) is 20.5. The number of carbonyl (C=O) groups is 1. The standard InChI is InChI=1S/C12H12N4O2S/c17-12(18)8-1-5-10(6-2-8)19-7-11-13-14-15-16(11)9-3-4-9/h1-2,5-6,9H,3-4,7H2,(H,17,18). The van der Waals surface area contributed by atoms with Crippen LogP contribution in [0.25, 0.3) is 0 Å². The molecule has 1 heterocycles. The molecule has 0 bridgehead atoms. The Kier molecular flexibility index (Phi) is 3.20. The summed E-state index contributed by atoms with van der Waals surface area (Å²) in [7, 11) is 0. The van der Waals surface area contributed by atoms with Crippen LogP contribution >= 0.6 is 11.8 Å². The lowest BCUT2D eigenvalue weighted by molar-refractivity contribution is 0.0697. The van der Waals surface area contributed by atoms with Crippen molar-refractivity contribution in [3.8, 4) is 0 Å². The smallest absolute Gasteiger partial charge is 0.335 e. The summed E-state index contributed by atoms with van der Waals surface area (Å²) in [6.45, 7) is 0. The first-order chi connectivity index (χ1) is 9.24. The van der Waals surface area contributed by atoms with Gasteiger partial charge in [0.1, 0.15) is 0 Å². The Labute approximate surface area is 113 Å². The van der Waals surface area contributed by atoms with Crippen LogP contribution in [0, 0.1) is 0 Å². The molecule has 1 aliphatic rings. The molecule has 0 unspecified atom stereocenters. The average Bonchev–Trinajstić information content (AvgIpc) is 3.16. The fourth-order valence-electron chi connectivity index (χ4n) is 1.75. The topological polar surface area (TPSA) is 80.9 Å². The van der Waals surface area contributed by atoms with Gasteiger partial charge in [0.05, 0.1) is 17.4 Å². The molecule has 0 aliphatic heterocycles. The average molecular weight is 276 g/mol. The number of hydrogen-bond acceptors (Lipinski definition) is 5. The Morgan fingerprint density at radius 2 is 2.11 bits per heavy atom. The van der Waals surface area contributed by atoms with E-state index in [1.54, 1.807) is 36.0 Å². The molecule has 1 fully saturated rings. The van der Waals surface area contributed by atoms with Crippen molar-refractivity contribution in [2.24, 2.45) is 0 Å². The molecule has 2 aromatic rings. The Hall–Kier alpha value is -1.89. The lowest BCUT2D eigenvalue weighted by atomic mass is 10.2. The van der Waals surface area contributed by atoms with Gasteiger partial charge in [-0.05, 0) is 47.5 Å². The first kappa shape index (κ1) is 12.2. The fourth-order valence-corrected chi connectivity index (χ4v) is 2.57. The summed E-state index contributed by atoms with van der Waals surface area (Å²) < 4.78 is 1.89. The van der Waals surface area contributed by atoms with E-state index in [2.05, 4.69) is 15.5 Å². The summed E-state index contributed by atoms with van der Waals surface area (Å²) >= 11 is 1.60. The van der Waals surface area contributed by atoms with E-state index in [1.807, 2.05) is 4.68 Å². The first-order valence-electron chi connectivity index (χ1n) is 5.97. The van der Waals surface area contributed by atoms with Crippen molar-refractivity contribution in [2.75, 3.05) is 0 Å². The third-order valence-corrected chi connectivity index (χ3v) is 3.93. The predicted octanol–water partition coefficient (Wildman–Crippen LogP) is 2.00. The van der Waals surface area contributed by atoms with Crippen molar-refractivity contribution in [3.63, 3.8) is 0 Å². The summed E-state index contributed by atoms with van der Waals surface area (Å²) in [5.74, 6) is 0.652. The number of hydrogen-bond donors (Lipinski definition) is 1. The van der Waals surface area contributed by atoms with E-state index in [1.165, 1.54) is 0 Å². The number of carboxylic acids is 1. The Balaban J connectivity index is 1.65. The van der Waals surface area contributed by atoms with Crippen LogP contribution in [0.4, 0.5) is 0 Å². The van der Waals surface area contributed by atoms with Crippen molar-refractivity contribution in [1.82, 2.24) is 20.2 Å². The molecular formula is C12H12N4O2S. The number of carboxylic acid groups (broad SMARTS) is 1. The van der Waals surface area contributed by atoms with Crippen molar-refractivity contribution in [2.45, 2.75) is 29.5 Å². The van der Waals surface area contributed by atoms with Crippen molar-refractivity contribution >= 4 is 17.7 Å². The number of rotatable bonds is 5. The van der Waals surface area contributed by atoms with Gasteiger partial charge in [0.15, 0.2) is 5.82 Å². The number of nitrogens with zero attached hydrogens (tertiary/aromatic N) is 4. The quantitative estimate of drug-likeness (QED) is 0.841. The van der Waals surface area contributed by atoms with Crippen LogP contribution in [0.3, 0.4) is 0 Å². The van der Waals surface area contributed by atoms with E-state index < -0.39 is 5.97 Å². The number of aromatic nitrogens is 4. The van der Waals surface area contributed by atoms with Gasteiger partial charge < -0.3 is 5.11 Å². The molecule has 0 amide bonds. The van der Waals surface area contributed by atoms with Crippen molar-refractivity contribution in [1.29, 1.82) is 0 Å². The molecule has 0 atom stereocenters. The zero-order valence-corrected chi connectivity index (χ0v) is 10.9. The Morgan fingerprint density at radius 3 is 2.74 bits per heavy atom. The third-order valence-electron chi connectivity index (χ3n) is 2.92. The number of aromatic carboxylic acids is 1. The Bertz CT molecular complexity index is 592. The highest BCUT2D eigenvalue weighted by atomic mass is 32.2. The van der Waals surface area contributed by atoms with Crippen molar-refractivity contribution in [3.05, 3.63) is 35.7 Å². The van der Waals surface area contributed by atoms with Crippen LogP contribution in [0.15, 0.2) is 29.2 Å². The van der Waals surface area contributed by atoms with Crippen LogP contribution < -0.4 is 0 Å². The number of benzene rings is 1. The van der Waals surface area contributed by atoms with E-state index in [4.69, 9.17) is 5.11 Å². The molecule has 98 valence electrons. The molecule has 3 rings (SSSR count). The van der Waals surface area contributed by atoms with Crippen molar-refractivity contribution < 1.29 is 9.90 Å². The van der Waals surface area contributed by atoms with Crippen LogP contribution in [0.5, 0.6) is 0 Å². The number of thioether (sulfide) groups is 1. The summed E-state index contributed by atoms with van der Waals surface area (Å²) in [6, 6.07) is 7.29. The molecular weight excluding hydrogens is 264 g/mol. The monoisotopic (exact) mass is 276 g/mol. The van der Waals surface area contributed by atoms with Crippen LogP contribution in [-0.2, 0) is 5.75 Å². The van der Waals surface area contributed by atoms with Gasteiger partial charge in [0, 0.05) is 4.90 Å². The first-order valence-corrected chi connectivity index (χ1v) is 6.95. The fraction of sp³-hybridized carbons (Fsp3) is 0.333. The molecule has 1 saturated carbocycles. The van der Waals surface area contributed by atoms with E-state index in [-0.39, 0.29) is 0 Å². The second kappa shape index (κ2) is 5.00. The van der Waals surface area contributed by atoms with E-state index in [0.717, 1.165) is 23.6 Å². The zero-order valence-electron chi connectivity index (χ0n) is 10.1. The number of tetrazole rings is 1. The highest BCUT2D eigenvalue weighted by Gasteiger charge is 2.27. The second-order valence-corrected chi connectivity index (χ2v) is 5.44. The van der Waals surface area contributed by atoms with Gasteiger partial charge in [-0.25, -0.2) is 9.48 Å². The van der Waals surface area contributed by atoms with E-state index >= 15 is 0 Å². The zero-order chi connectivity index (χ0) is 13.2. The molecule has 1 aromatic heterocycles. The summed E-state index contributed by atoms with van der Waals surface area (Å²) in [4.78, 5) is 11.8. The van der Waals surface area contributed by atoms with Gasteiger partial charge in [0.2, 0.25) is 0 Å². The van der Waals surface area contributed by atoms with E-state index in [0.29, 0.717) is 17.4 Å². The minimum atomic E-state index is -0.908. The minimum Gasteiger partial charge on any atom is -0.478 e. The predicted molar refractivity (Wildman–Crippen MR) is 69.1 cm³/mol. The molecule has 6 nitrogen and oxygen atoms in total. The van der Waals surface area contributed by atoms with Gasteiger partial charge in [0.25, 0.3) is 0 Å². The SMILES string of the molecule is O=C(O)c1ccc(SCc2nnnn2C2CC2)cc1. The Morgan fingerprint density at radius 1 is 1.37 bits per heavy atom. The van der Waals surface area contributed by atoms with Crippen LogP contribution in [0.1, 0.15) is 35.1 Å². The molecule has 1 aromatic carbocycles. The second-order valence-electron chi connectivity index (χ2n) is 4.39. The largest absolute Gasteiger partial charge is 0.478 e. The lowest BCUT2D eigenvalue weighted by Crippen LogP contribution is -2.02. The highest BCUT2D eigenvalue weighted by molar-refractivity contribution is 7.98. The molecule has 7 heteroatoms. The van der Waals surface area contributed by atoms with Crippen LogP contribution in [0.2, 0.25) is 0 Å². The molecule has 0 spiro atoms. The summed E-state index contributed by atoms with van der Waals surface area (Å²) in [6.07, 6.45) is 2.30. The van der Waals surface area contributed by atoms with Gasteiger partial charge in [-0.3, -0.25) is 0 Å². The van der Waals surface area contributed by atoms with Gasteiger partial charge in [-0.2, -0.15) is 0 Å². The third kappa shape index (κ3) is 2.76. The van der Waals surface area contributed by atoms with Crippen LogP contribution in [-0.4, -0.2) is 31.3 Å². The molecule has 1 aliphatic carbocycles. The maximum absolute atomic E-state index is 10.7. The van der Waals surface area contributed by atoms with E-state index in [9.17, 15) is 4.79 Å². The summed E-state index contributed by atoms with van der Waals surface area (Å²) in [5.41, 5.74) is 0.298. The molecule has 19 heavy (non-hydrogen) atoms. The lowest BCUT2D eigenvalue weighted by Gasteiger charge is -2.03. The van der Waals surface area contributed by atoms with Gasteiger partial charge in [-0.15, -0.1) is 16.9 Å². The van der Waals surface area contributed by atoms with Gasteiger partial charge in [-0.1, -0.05) is 0 Å².